The van der Waals surface area contributed by atoms with E-state index in [-0.39, 0.29) is 17.0 Å². The molecule has 10 heteroatoms. The van der Waals surface area contributed by atoms with Crippen molar-refractivity contribution in [1.82, 2.24) is 13.9 Å². The summed E-state index contributed by atoms with van der Waals surface area (Å²) in [7, 11) is -3.73. The Morgan fingerprint density at radius 3 is 2.40 bits per heavy atom. The maximum Gasteiger partial charge on any atom is 0.290 e. The lowest BCUT2D eigenvalue weighted by Crippen LogP contribution is -2.15. The number of anilines is 1. The highest BCUT2D eigenvalue weighted by atomic mass is 32.2. The Morgan fingerprint density at radius 1 is 1.24 bits per heavy atom. The van der Waals surface area contributed by atoms with Crippen molar-refractivity contribution in [2.24, 2.45) is 5.84 Å². The van der Waals surface area contributed by atoms with E-state index < -0.39 is 10.0 Å². The fraction of sp³-hybridized carbons (Fsp3) is 0.133. The molecule has 0 unspecified atom stereocenters. The van der Waals surface area contributed by atoms with E-state index >= 15 is 0 Å². The third-order valence-electron chi connectivity index (χ3n) is 3.34. The lowest BCUT2D eigenvalue weighted by Gasteiger charge is -2.09. The van der Waals surface area contributed by atoms with Crippen LogP contribution in [0.1, 0.15) is 11.3 Å². The second kappa shape index (κ2) is 7.28. The molecule has 0 bridgehead atoms. The Morgan fingerprint density at radius 2 is 1.84 bits per heavy atom. The van der Waals surface area contributed by atoms with E-state index in [9.17, 15) is 8.42 Å². The lowest BCUT2D eigenvalue weighted by molar-refractivity contribution is -0.122. The number of rotatable bonds is 3. The molecule has 3 aromatic rings. The Bertz CT molecular complexity index is 997. The number of benzene rings is 1. The summed E-state index contributed by atoms with van der Waals surface area (Å²) in [5, 5.41) is 6.89. The van der Waals surface area contributed by atoms with E-state index in [0.29, 0.717) is 17.0 Å². The number of aromatic nitrogens is 3. The number of hydrogen-bond acceptors (Lipinski definition) is 7. The van der Waals surface area contributed by atoms with Crippen molar-refractivity contribution >= 4 is 33.5 Å². The van der Waals surface area contributed by atoms with E-state index in [1.54, 1.807) is 37.3 Å². The first-order valence-corrected chi connectivity index (χ1v) is 8.51. The molecule has 9 nitrogen and oxygen atoms in total. The molecule has 0 amide bonds. The minimum absolute atomic E-state index is 0.210. The van der Waals surface area contributed by atoms with Gasteiger partial charge in [0.2, 0.25) is 0 Å². The number of nitrogens with one attached hydrogen (secondary N) is 1. The Labute approximate surface area is 144 Å². The van der Waals surface area contributed by atoms with Crippen LogP contribution in [0.15, 0.2) is 41.4 Å². The second-order valence-corrected chi connectivity index (χ2v) is 6.87. The Balaban J connectivity index is 0.000000701. The average molecular weight is 363 g/mol. The van der Waals surface area contributed by atoms with E-state index in [1.807, 2.05) is 6.92 Å². The molecule has 132 valence electrons. The molecule has 2 aromatic heterocycles. The number of carboxylic acid groups (broad SMARTS) is 1. The smallest absolute Gasteiger partial charge is 0.290 e. The SMILES string of the molecule is Cc1ccc(S(=O)(=O)n2c(C)cc3nc(NN)cnc32)cc1.O=CO. The lowest BCUT2D eigenvalue weighted by atomic mass is 10.2. The number of nitrogen functional groups attached to an aromatic ring is 1. The molecular formula is C15H17N5O4S. The van der Waals surface area contributed by atoms with Crippen molar-refractivity contribution in [2.45, 2.75) is 18.7 Å². The largest absolute Gasteiger partial charge is 0.483 e. The molecule has 25 heavy (non-hydrogen) atoms. The third kappa shape index (κ3) is 3.59. The van der Waals surface area contributed by atoms with Crippen LogP contribution in [0, 0.1) is 13.8 Å². The van der Waals surface area contributed by atoms with Gasteiger partial charge in [-0.3, -0.25) is 4.79 Å². The highest BCUT2D eigenvalue weighted by Crippen LogP contribution is 2.23. The summed E-state index contributed by atoms with van der Waals surface area (Å²) in [6.07, 6.45) is 1.39. The predicted molar refractivity (Wildman–Crippen MR) is 92.5 cm³/mol. The van der Waals surface area contributed by atoms with Crippen LogP contribution in [0.25, 0.3) is 11.2 Å². The number of aryl methyl sites for hydroxylation is 2. The normalized spacial score (nSPS) is 10.8. The number of fused-ring (bicyclic) bond motifs is 1. The quantitative estimate of drug-likeness (QED) is 0.359. The van der Waals surface area contributed by atoms with Crippen LogP contribution < -0.4 is 11.3 Å². The van der Waals surface area contributed by atoms with Gasteiger partial charge in [-0.15, -0.1) is 0 Å². The average Bonchev–Trinajstić information content (AvgIpc) is 2.91. The topological polar surface area (TPSA) is 140 Å². The zero-order valence-corrected chi connectivity index (χ0v) is 14.4. The number of nitrogens with two attached hydrogens (primary N) is 1. The zero-order chi connectivity index (χ0) is 18.6. The number of hydrogen-bond donors (Lipinski definition) is 3. The molecule has 0 radical (unpaired) electrons. The van der Waals surface area contributed by atoms with E-state index in [1.165, 1.54) is 10.2 Å². The van der Waals surface area contributed by atoms with Gasteiger partial charge in [0.25, 0.3) is 16.5 Å². The molecule has 0 spiro atoms. The van der Waals surface area contributed by atoms with Gasteiger partial charge in [0.15, 0.2) is 11.5 Å². The van der Waals surface area contributed by atoms with Gasteiger partial charge in [0.1, 0.15) is 5.52 Å². The van der Waals surface area contributed by atoms with Crippen molar-refractivity contribution in [1.29, 1.82) is 0 Å². The summed E-state index contributed by atoms with van der Waals surface area (Å²) >= 11 is 0. The molecule has 0 aliphatic rings. The molecule has 0 aliphatic heterocycles. The van der Waals surface area contributed by atoms with E-state index in [2.05, 4.69) is 15.4 Å². The highest BCUT2D eigenvalue weighted by molar-refractivity contribution is 7.90. The molecule has 2 heterocycles. The molecule has 3 rings (SSSR count). The summed E-state index contributed by atoms with van der Waals surface area (Å²) < 4.78 is 26.9. The maximum atomic E-state index is 12.9. The van der Waals surface area contributed by atoms with E-state index in [4.69, 9.17) is 15.7 Å². The van der Waals surface area contributed by atoms with Crippen molar-refractivity contribution in [3.63, 3.8) is 0 Å². The Hall–Kier alpha value is -2.98. The molecule has 4 N–H and O–H groups in total. The van der Waals surface area contributed by atoms with Crippen LogP contribution in [0.3, 0.4) is 0 Å². The number of hydrazine groups is 1. The standard InChI is InChI=1S/C14H15N5O2S.CH2O2/c1-9-3-5-11(6-4-9)22(20,21)19-10(2)7-12-14(19)16-8-13(17-12)18-15;2-1-3/h3-8H,15H2,1-2H3,(H,17,18);1H,(H,2,3). The van der Waals surface area contributed by atoms with Gasteiger partial charge in [-0.1, -0.05) is 17.7 Å². The fourth-order valence-electron chi connectivity index (χ4n) is 2.26. The van der Waals surface area contributed by atoms with Crippen molar-refractivity contribution in [3.8, 4) is 0 Å². The number of nitrogens with zero attached hydrogens (tertiary/aromatic N) is 3. The second-order valence-electron chi connectivity index (χ2n) is 5.08. The van der Waals surface area contributed by atoms with Crippen molar-refractivity contribution in [2.75, 3.05) is 5.43 Å². The first-order chi connectivity index (χ1) is 11.8. The van der Waals surface area contributed by atoms with Gasteiger partial charge in [-0.25, -0.2) is 28.2 Å². The van der Waals surface area contributed by atoms with Gasteiger partial charge in [0, 0.05) is 5.69 Å². The predicted octanol–water partition coefficient (Wildman–Crippen LogP) is 1.27. The van der Waals surface area contributed by atoms with Gasteiger partial charge >= 0.3 is 0 Å². The van der Waals surface area contributed by atoms with Crippen LogP contribution in [-0.4, -0.2) is 33.9 Å². The van der Waals surface area contributed by atoms with Gasteiger partial charge < -0.3 is 10.5 Å². The van der Waals surface area contributed by atoms with Gasteiger partial charge in [-0.05, 0) is 32.0 Å². The molecule has 0 aliphatic carbocycles. The molecule has 0 fully saturated rings. The van der Waals surface area contributed by atoms with E-state index in [0.717, 1.165) is 5.56 Å². The van der Waals surface area contributed by atoms with Crippen LogP contribution in [0.4, 0.5) is 5.82 Å². The number of carbonyl (C=O) groups is 1. The van der Waals surface area contributed by atoms with Crippen molar-refractivity contribution in [3.05, 3.63) is 47.8 Å². The minimum atomic E-state index is -3.73. The molecular weight excluding hydrogens is 346 g/mol. The van der Waals surface area contributed by atoms with Crippen LogP contribution in [0.2, 0.25) is 0 Å². The minimum Gasteiger partial charge on any atom is -0.483 e. The molecule has 0 saturated heterocycles. The highest BCUT2D eigenvalue weighted by Gasteiger charge is 2.22. The summed E-state index contributed by atoms with van der Waals surface area (Å²) in [5.41, 5.74) is 4.65. The van der Waals surface area contributed by atoms with Crippen LogP contribution >= 0.6 is 0 Å². The molecule has 0 saturated carbocycles. The van der Waals surface area contributed by atoms with Gasteiger partial charge in [-0.2, -0.15) is 0 Å². The molecule has 1 aromatic carbocycles. The molecule has 0 atom stereocenters. The fourth-order valence-corrected chi connectivity index (χ4v) is 3.75. The van der Waals surface area contributed by atoms with Gasteiger partial charge in [0.05, 0.1) is 11.1 Å². The summed E-state index contributed by atoms with van der Waals surface area (Å²) in [6.45, 7) is 3.35. The van der Waals surface area contributed by atoms with Crippen LogP contribution in [-0.2, 0) is 14.8 Å². The first-order valence-electron chi connectivity index (χ1n) is 7.07. The third-order valence-corrected chi connectivity index (χ3v) is 5.15. The summed E-state index contributed by atoms with van der Waals surface area (Å²) in [6, 6.07) is 8.35. The van der Waals surface area contributed by atoms with Crippen molar-refractivity contribution < 1.29 is 18.3 Å². The monoisotopic (exact) mass is 363 g/mol. The maximum absolute atomic E-state index is 12.9. The first kappa shape index (κ1) is 18.4. The zero-order valence-electron chi connectivity index (χ0n) is 13.5. The summed E-state index contributed by atoms with van der Waals surface area (Å²) in [5.74, 6) is 5.67. The van der Waals surface area contributed by atoms with Crippen LogP contribution in [0.5, 0.6) is 0 Å². The Kier molecular flexibility index (Phi) is 5.35. The summed E-state index contributed by atoms with van der Waals surface area (Å²) in [4.78, 5) is 16.9.